The highest BCUT2D eigenvalue weighted by atomic mass is 32.2. The molecule has 1 amide bonds. The molecule has 0 radical (unpaired) electrons. The number of fused-ring (bicyclic) bond motifs is 1. The number of likely N-dealkylation sites (tertiary alicyclic amines) is 1. The number of nitrogens with zero attached hydrogens (tertiary/aromatic N) is 4. The molecule has 7 nitrogen and oxygen atoms in total. The standard InChI is InChI=1S/C23H29N5O2S/c1-15-6-5-11-27(13-15)20(30)14-31-22-25-21(24-18-12-19(29)26-28(18)22)16-7-9-17(10-8-16)23(2,3)4/h7-10,12,15H,5-6,11,13-14H2,1-4H3,(H,26,29). The number of nitrogens with one attached hydrogen (secondary N) is 1. The molecule has 0 bridgehead atoms. The van der Waals surface area contributed by atoms with Gasteiger partial charge in [0.05, 0.1) is 5.75 Å². The van der Waals surface area contributed by atoms with Crippen molar-refractivity contribution >= 4 is 23.3 Å². The zero-order valence-corrected chi connectivity index (χ0v) is 19.3. The minimum absolute atomic E-state index is 0.0601. The quantitative estimate of drug-likeness (QED) is 0.626. The Labute approximate surface area is 186 Å². The summed E-state index contributed by atoms with van der Waals surface area (Å²) in [5.41, 5.74) is 2.42. The maximum Gasteiger partial charge on any atom is 0.266 e. The van der Waals surface area contributed by atoms with Crippen LogP contribution in [0.2, 0.25) is 0 Å². The fourth-order valence-corrected chi connectivity index (χ4v) is 4.72. The molecule has 3 heterocycles. The highest BCUT2D eigenvalue weighted by Gasteiger charge is 2.22. The van der Waals surface area contributed by atoms with Gasteiger partial charge in [0, 0.05) is 24.7 Å². The molecule has 1 aromatic carbocycles. The molecule has 31 heavy (non-hydrogen) atoms. The van der Waals surface area contributed by atoms with E-state index in [4.69, 9.17) is 0 Å². The predicted octanol–water partition coefficient (Wildman–Crippen LogP) is 3.73. The fraction of sp³-hybridized carbons (Fsp3) is 0.478. The summed E-state index contributed by atoms with van der Waals surface area (Å²) in [5, 5.41) is 3.29. The van der Waals surface area contributed by atoms with Gasteiger partial charge in [-0.2, -0.15) is 0 Å². The molecule has 1 fully saturated rings. The Hall–Kier alpha value is -2.61. The molecule has 1 unspecified atom stereocenters. The van der Waals surface area contributed by atoms with Gasteiger partial charge in [-0.05, 0) is 29.7 Å². The van der Waals surface area contributed by atoms with Crippen LogP contribution in [0.1, 0.15) is 46.1 Å². The number of aromatic amines is 1. The number of H-pyrrole nitrogens is 1. The number of amides is 1. The molecule has 164 valence electrons. The number of aromatic nitrogens is 4. The van der Waals surface area contributed by atoms with E-state index in [0.29, 0.717) is 22.5 Å². The van der Waals surface area contributed by atoms with Gasteiger partial charge in [0.2, 0.25) is 5.91 Å². The van der Waals surface area contributed by atoms with Crippen LogP contribution in [0.4, 0.5) is 0 Å². The molecule has 1 aliphatic rings. The molecule has 1 atom stereocenters. The Bertz CT molecular complexity index is 1140. The molecular formula is C23H29N5O2S. The van der Waals surface area contributed by atoms with E-state index in [9.17, 15) is 9.59 Å². The summed E-state index contributed by atoms with van der Waals surface area (Å²) in [6.07, 6.45) is 2.22. The summed E-state index contributed by atoms with van der Waals surface area (Å²) in [5.74, 6) is 1.47. The maximum absolute atomic E-state index is 12.7. The smallest absolute Gasteiger partial charge is 0.266 e. The van der Waals surface area contributed by atoms with Crippen molar-refractivity contribution in [2.24, 2.45) is 5.92 Å². The lowest BCUT2D eigenvalue weighted by atomic mass is 9.87. The second-order valence-corrected chi connectivity index (χ2v) is 10.3. The van der Waals surface area contributed by atoms with Crippen molar-refractivity contribution < 1.29 is 4.79 Å². The normalized spacial score (nSPS) is 17.3. The lowest BCUT2D eigenvalue weighted by molar-refractivity contribution is -0.130. The Morgan fingerprint density at radius 1 is 1.23 bits per heavy atom. The van der Waals surface area contributed by atoms with E-state index in [1.165, 1.54) is 29.8 Å². The number of rotatable bonds is 4. The van der Waals surface area contributed by atoms with Gasteiger partial charge < -0.3 is 4.90 Å². The van der Waals surface area contributed by atoms with Crippen LogP contribution in [0.15, 0.2) is 40.3 Å². The molecule has 4 rings (SSSR count). The minimum atomic E-state index is -0.243. The summed E-state index contributed by atoms with van der Waals surface area (Å²) < 4.78 is 1.56. The highest BCUT2D eigenvalue weighted by Crippen LogP contribution is 2.26. The van der Waals surface area contributed by atoms with Crippen molar-refractivity contribution in [3.63, 3.8) is 0 Å². The van der Waals surface area contributed by atoms with Crippen LogP contribution in [-0.4, -0.2) is 49.2 Å². The third-order valence-corrected chi connectivity index (χ3v) is 6.59. The number of hydrogen-bond donors (Lipinski definition) is 1. The lowest BCUT2D eigenvalue weighted by Crippen LogP contribution is -2.40. The van der Waals surface area contributed by atoms with Gasteiger partial charge in [-0.15, -0.1) is 0 Å². The van der Waals surface area contributed by atoms with Gasteiger partial charge in [-0.25, -0.2) is 14.5 Å². The summed E-state index contributed by atoms with van der Waals surface area (Å²) >= 11 is 1.33. The fourth-order valence-electron chi connectivity index (χ4n) is 3.86. The summed E-state index contributed by atoms with van der Waals surface area (Å²) in [7, 11) is 0. The molecule has 1 aliphatic heterocycles. The van der Waals surface area contributed by atoms with Crippen molar-refractivity contribution in [1.29, 1.82) is 0 Å². The molecule has 1 saturated heterocycles. The Balaban J connectivity index is 1.61. The number of piperidine rings is 1. The predicted molar refractivity (Wildman–Crippen MR) is 123 cm³/mol. The molecule has 1 N–H and O–H groups in total. The SMILES string of the molecule is CC1CCCN(C(=O)CSc2nc(-c3ccc(C(C)(C)C)cc3)nc3cc(=O)[nH]n23)C1. The molecule has 0 aliphatic carbocycles. The lowest BCUT2D eigenvalue weighted by Gasteiger charge is -2.30. The second kappa shape index (κ2) is 8.49. The molecular weight excluding hydrogens is 410 g/mol. The van der Waals surface area contributed by atoms with Crippen LogP contribution >= 0.6 is 11.8 Å². The molecule has 2 aromatic heterocycles. The van der Waals surface area contributed by atoms with Crippen molar-refractivity contribution in [1.82, 2.24) is 24.5 Å². The van der Waals surface area contributed by atoms with E-state index in [-0.39, 0.29) is 22.6 Å². The van der Waals surface area contributed by atoms with Crippen LogP contribution in [0.3, 0.4) is 0 Å². The molecule has 0 spiro atoms. The van der Waals surface area contributed by atoms with Crippen molar-refractivity contribution in [3.8, 4) is 11.4 Å². The van der Waals surface area contributed by atoms with Gasteiger partial charge in [0.25, 0.3) is 5.56 Å². The summed E-state index contributed by atoms with van der Waals surface area (Å²) in [6, 6.07) is 9.63. The third-order valence-electron chi connectivity index (χ3n) is 5.67. The van der Waals surface area contributed by atoms with Crippen LogP contribution in [0.25, 0.3) is 17.0 Å². The number of thioether (sulfide) groups is 1. The Kier molecular flexibility index (Phi) is 5.92. The highest BCUT2D eigenvalue weighted by molar-refractivity contribution is 7.99. The first-order chi connectivity index (χ1) is 14.7. The first-order valence-electron chi connectivity index (χ1n) is 10.7. The average Bonchev–Trinajstić information content (AvgIpc) is 3.11. The molecule has 0 saturated carbocycles. The monoisotopic (exact) mass is 439 g/mol. The van der Waals surface area contributed by atoms with Gasteiger partial charge in [0.1, 0.15) is 0 Å². The van der Waals surface area contributed by atoms with E-state index in [0.717, 1.165) is 25.1 Å². The maximum atomic E-state index is 12.7. The van der Waals surface area contributed by atoms with Gasteiger partial charge in [0.15, 0.2) is 16.6 Å². The van der Waals surface area contributed by atoms with E-state index in [1.807, 2.05) is 17.0 Å². The molecule has 3 aromatic rings. The van der Waals surface area contributed by atoms with Gasteiger partial charge in [-0.1, -0.05) is 63.7 Å². The first-order valence-corrected chi connectivity index (χ1v) is 11.7. The number of benzene rings is 1. The van der Waals surface area contributed by atoms with E-state index >= 15 is 0 Å². The van der Waals surface area contributed by atoms with E-state index in [2.05, 4.69) is 54.9 Å². The number of carbonyl (C=O) groups is 1. The van der Waals surface area contributed by atoms with Crippen molar-refractivity contribution in [2.45, 2.75) is 51.1 Å². The van der Waals surface area contributed by atoms with Gasteiger partial charge >= 0.3 is 0 Å². The van der Waals surface area contributed by atoms with E-state index in [1.54, 1.807) is 4.52 Å². The topological polar surface area (TPSA) is 83.4 Å². The average molecular weight is 440 g/mol. The van der Waals surface area contributed by atoms with Crippen LogP contribution in [-0.2, 0) is 10.2 Å². The Morgan fingerprint density at radius 3 is 2.65 bits per heavy atom. The number of carbonyl (C=O) groups excluding carboxylic acids is 1. The van der Waals surface area contributed by atoms with Crippen LogP contribution in [0, 0.1) is 5.92 Å². The zero-order valence-electron chi connectivity index (χ0n) is 18.5. The third kappa shape index (κ3) is 4.84. The van der Waals surface area contributed by atoms with Crippen molar-refractivity contribution in [3.05, 3.63) is 46.2 Å². The summed E-state index contributed by atoms with van der Waals surface area (Å²) in [4.78, 5) is 35.8. The van der Waals surface area contributed by atoms with Crippen molar-refractivity contribution in [2.75, 3.05) is 18.8 Å². The van der Waals surface area contributed by atoms with Gasteiger partial charge in [-0.3, -0.25) is 14.7 Å². The number of hydrogen-bond acceptors (Lipinski definition) is 5. The largest absolute Gasteiger partial charge is 0.342 e. The second-order valence-electron chi connectivity index (χ2n) is 9.35. The first kappa shape index (κ1) is 21.6. The summed E-state index contributed by atoms with van der Waals surface area (Å²) in [6.45, 7) is 10.3. The van der Waals surface area contributed by atoms with Crippen LogP contribution < -0.4 is 5.56 Å². The Morgan fingerprint density at radius 2 is 1.97 bits per heavy atom. The zero-order chi connectivity index (χ0) is 22.2. The van der Waals surface area contributed by atoms with Crippen LogP contribution in [0.5, 0.6) is 0 Å². The van der Waals surface area contributed by atoms with E-state index < -0.39 is 0 Å². The molecule has 8 heteroatoms. The minimum Gasteiger partial charge on any atom is -0.342 e.